The largest absolute Gasteiger partial charge is 0.375 e. The number of carbonyl (C=O) groups excluding carboxylic acids is 1. The Morgan fingerprint density at radius 1 is 1.30 bits per heavy atom. The molecule has 0 aliphatic rings. The summed E-state index contributed by atoms with van der Waals surface area (Å²) in [5.41, 5.74) is 1.48. The highest BCUT2D eigenvalue weighted by Crippen LogP contribution is 2.22. The van der Waals surface area contributed by atoms with Gasteiger partial charge in [-0.15, -0.1) is 11.3 Å². The van der Waals surface area contributed by atoms with Crippen molar-refractivity contribution < 1.29 is 13.9 Å². The van der Waals surface area contributed by atoms with Crippen LogP contribution in [-0.2, 0) is 4.74 Å². The normalized spacial score (nSPS) is 12.3. The molecule has 0 bridgehead atoms. The number of para-hydroxylation sites is 1. The first-order chi connectivity index (χ1) is 11.2. The molecule has 4 nitrogen and oxygen atoms in total. The van der Waals surface area contributed by atoms with Crippen LogP contribution in [-0.4, -0.2) is 24.5 Å². The molecule has 1 heterocycles. The Kier molecular flexibility index (Phi) is 4.64. The Balaban J connectivity index is 1.69. The number of rotatable bonds is 5. The maximum Gasteiger partial charge on any atom is 0.280 e. The predicted molar refractivity (Wildman–Crippen MR) is 88.1 cm³/mol. The van der Waals surface area contributed by atoms with E-state index in [0.717, 1.165) is 10.2 Å². The number of aromatic nitrogens is 1. The van der Waals surface area contributed by atoms with Crippen molar-refractivity contribution in [2.75, 3.05) is 13.7 Å². The van der Waals surface area contributed by atoms with E-state index in [1.165, 1.54) is 30.6 Å². The fourth-order valence-corrected chi connectivity index (χ4v) is 3.16. The first kappa shape index (κ1) is 15.6. The number of hydrogen-bond acceptors (Lipinski definition) is 4. The second kappa shape index (κ2) is 6.85. The summed E-state index contributed by atoms with van der Waals surface area (Å²) in [4.78, 5) is 16.5. The second-order valence-corrected chi connectivity index (χ2v) is 6.01. The fraction of sp³-hybridized carbons (Fsp3) is 0.176. The van der Waals surface area contributed by atoms with Gasteiger partial charge in [-0.1, -0.05) is 24.3 Å². The zero-order valence-corrected chi connectivity index (χ0v) is 13.3. The van der Waals surface area contributed by atoms with Gasteiger partial charge in [-0.2, -0.15) is 0 Å². The molecule has 23 heavy (non-hydrogen) atoms. The van der Waals surface area contributed by atoms with Crippen molar-refractivity contribution in [3.63, 3.8) is 0 Å². The van der Waals surface area contributed by atoms with Crippen LogP contribution >= 0.6 is 11.3 Å². The third kappa shape index (κ3) is 3.55. The average Bonchev–Trinajstić information content (AvgIpc) is 2.99. The molecule has 6 heteroatoms. The molecular formula is C17H15FN2O2S. The van der Waals surface area contributed by atoms with E-state index in [2.05, 4.69) is 10.3 Å². The van der Waals surface area contributed by atoms with Gasteiger partial charge in [0.25, 0.3) is 5.91 Å². The zero-order valence-electron chi connectivity index (χ0n) is 12.5. The van der Waals surface area contributed by atoms with Crippen LogP contribution in [0.3, 0.4) is 0 Å². The van der Waals surface area contributed by atoms with Gasteiger partial charge in [-0.05, 0) is 29.8 Å². The highest BCUT2D eigenvalue weighted by Gasteiger charge is 2.16. The van der Waals surface area contributed by atoms with Crippen LogP contribution in [0, 0.1) is 5.82 Å². The van der Waals surface area contributed by atoms with Crippen molar-refractivity contribution in [2.45, 2.75) is 6.10 Å². The molecule has 118 valence electrons. The summed E-state index contributed by atoms with van der Waals surface area (Å²) in [6, 6.07) is 13.7. The maximum absolute atomic E-state index is 13.3. The summed E-state index contributed by atoms with van der Waals surface area (Å²) in [6.07, 6.45) is -0.413. The van der Waals surface area contributed by atoms with Crippen LogP contribution < -0.4 is 5.32 Å². The lowest BCUT2D eigenvalue weighted by Gasteiger charge is -2.16. The zero-order chi connectivity index (χ0) is 16.2. The van der Waals surface area contributed by atoms with Crippen molar-refractivity contribution in [3.05, 3.63) is 64.9 Å². The molecule has 0 fully saturated rings. The van der Waals surface area contributed by atoms with Gasteiger partial charge >= 0.3 is 0 Å². The van der Waals surface area contributed by atoms with Gasteiger partial charge in [0.1, 0.15) is 5.82 Å². The second-order valence-electron chi connectivity index (χ2n) is 4.98. The van der Waals surface area contributed by atoms with Gasteiger partial charge in [-0.3, -0.25) is 4.79 Å². The number of methoxy groups -OCH3 is 1. The topological polar surface area (TPSA) is 51.2 Å². The molecule has 1 N–H and O–H groups in total. The number of halogens is 1. The van der Waals surface area contributed by atoms with E-state index >= 15 is 0 Å². The standard InChI is InChI=1S/C17H15FN2O2S/c1-22-14(11-5-4-6-12(18)9-11)10-19-16(21)17-20-13-7-2-3-8-15(13)23-17/h2-9,14H,10H2,1H3,(H,19,21)/t14-/m1/s1. The van der Waals surface area contributed by atoms with Crippen LogP contribution in [0.5, 0.6) is 0 Å². The predicted octanol–water partition coefficient (Wildman–Crippen LogP) is 3.55. The first-order valence-electron chi connectivity index (χ1n) is 7.09. The quantitative estimate of drug-likeness (QED) is 0.778. The number of amides is 1. The van der Waals surface area contributed by atoms with Gasteiger partial charge in [-0.25, -0.2) is 9.37 Å². The van der Waals surface area contributed by atoms with Crippen molar-refractivity contribution in [1.29, 1.82) is 0 Å². The molecule has 0 unspecified atom stereocenters. The lowest BCUT2D eigenvalue weighted by Crippen LogP contribution is -2.29. The number of nitrogens with one attached hydrogen (secondary N) is 1. The van der Waals surface area contributed by atoms with Gasteiger partial charge in [0, 0.05) is 13.7 Å². The minimum Gasteiger partial charge on any atom is -0.375 e. The monoisotopic (exact) mass is 330 g/mol. The molecule has 3 aromatic rings. The van der Waals surface area contributed by atoms with Gasteiger partial charge in [0.2, 0.25) is 0 Å². The molecule has 3 rings (SSSR count). The summed E-state index contributed by atoms with van der Waals surface area (Å²) < 4.78 is 19.6. The molecule has 0 saturated heterocycles. The summed E-state index contributed by atoms with van der Waals surface area (Å²) in [6.45, 7) is 0.245. The molecular weight excluding hydrogens is 315 g/mol. The summed E-state index contributed by atoms with van der Waals surface area (Å²) >= 11 is 1.34. The Morgan fingerprint density at radius 3 is 2.87 bits per heavy atom. The Labute approximate surface area is 136 Å². The van der Waals surface area contributed by atoms with Crippen molar-refractivity contribution in [2.24, 2.45) is 0 Å². The third-order valence-corrected chi connectivity index (χ3v) is 4.48. The first-order valence-corrected chi connectivity index (χ1v) is 7.91. The Bertz CT molecular complexity index is 801. The lowest BCUT2D eigenvalue weighted by atomic mass is 10.1. The van der Waals surface area contributed by atoms with E-state index in [-0.39, 0.29) is 18.3 Å². The van der Waals surface area contributed by atoms with Crippen LogP contribution in [0.4, 0.5) is 4.39 Å². The summed E-state index contributed by atoms with van der Waals surface area (Å²) in [5.74, 6) is -0.591. The SMILES string of the molecule is CO[C@H](CNC(=O)c1nc2ccccc2s1)c1cccc(F)c1. The van der Waals surface area contributed by atoms with Crippen LogP contribution in [0.1, 0.15) is 21.5 Å². The van der Waals surface area contributed by atoms with E-state index in [1.807, 2.05) is 24.3 Å². The lowest BCUT2D eigenvalue weighted by molar-refractivity contribution is 0.0827. The van der Waals surface area contributed by atoms with E-state index in [0.29, 0.717) is 10.6 Å². The molecule has 2 aromatic carbocycles. The van der Waals surface area contributed by atoms with Crippen molar-refractivity contribution in [3.8, 4) is 0 Å². The van der Waals surface area contributed by atoms with Crippen LogP contribution in [0.2, 0.25) is 0 Å². The van der Waals surface area contributed by atoms with E-state index in [9.17, 15) is 9.18 Å². The van der Waals surface area contributed by atoms with E-state index in [4.69, 9.17) is 4.74 Å². The van der Waals surface area contributed by atoms with Crippen molar-refractivity contribution in [1.82, 2.24) is 10.3 Å². The molecule has 0 aliphatic carbocycles. The molecule has 1 amide bonds. The van der Waals surface area contributed by atoms with Gasteiger partial charge < -0.3 is 10.1 Å². The minimum absolute atomic E-state index is 0.245. The van der Waals surface area contributed by atoms with Gasteiger partial charge in [0.15, 0.2) is 5.01 Å². The third-order valence-electron chi connectivity index (χ3n) is 3.44. The number of fused-ring (bicyclic) bond motifs is 1. The Hall–Kier alpha value is -2.31. The van der Waals surface area contributed by atoms with Crippen LogP contribution in [0.25, 0.3) is 10.2 Å². The molecule has 0 spiro atoms. The van der Waals surface area contributed by atoms with E-state index in [1.54, 1.807) is 12.1 Å². The molecule has 1 atom stereocenters. The highest BCUT2D eigenvalue weighted by molar-refractivity contribution is 7.20. The Morgan fingerprint density at radius 2 is 2.13 bits per heavy atom. The highest BCUT2D eigenvalue weighted by atomic mass is 32.1. The number of hydrogen-bond donors (Lipinski definition) is 1. The number of thiazole rings is 1. The average molecular weight is 330 g/mol. The molecule has 0 saturated carbocycles. The fourth-order valence-electron chi connectivity index (χ4n) is 2.27. The van der Waals surface area contributed by atoms with Gasteiger partial charge in [0.05, 0.1) is 16.3 Å². The van der Waals surface area contributed by atoms with Crippen molar-refractivity contribution >= 4 is 27.5 Å². The van der Waals surface area contributed by atoms with E-state index < -0.39 is 6.10 Å². The molecule has 0 aliphatic heterocycles. The van der Waals surface area contributed by atoms with Crippen LogP contribution in [0.15, 0.2) is 48.5 Å². The smallest absolute Gasteiger partial charge is 0.280 e. The summed E-state index contributed by atoms with van der Waals surface area (Å²) in [5, 5.41) is 3.19. The number of nitrogens with zero attached hydrogens (tertiary/aromatic N) is 1. The minimum atomic E-state index is -0.413. The maximum atomic E-state index is 13.3. The summed E-state index contributed by atoms with van der Waals surface area (Å²) in [7, 11) is 1.53. The molecule has 1 aromatic heterocycles. The number of carbonyl (C=O) groups is 1. The molecule has 0 radical (unpaired) electrons. The number of ether oxygens (including phenoxy) is 1. The number of benzene rings is 2.